The third-order valence-electron chi connectivity index (χ3n) is 2.89. The van der Waals surface area contributed by atoms with E-state index in [0.717, 1.165) is 22.5 Å². The summed E-state index contributed by atoms with van der Waals surface area (Å²) in [5.74, 6) is -0.705. The zero-order valence-corrected chi connectivity index (χ0v) is 13.6. The molecule has 1 N–H and O–H groups in total. The van der Waals surface area contributed by atoms with E-state index in [-0.39, 0.29) is 5.91 Å². The van der Waals surface area contributed by atoms with Gasteiger partial charge in [-0.25, -0.2) is 4.79 Å². The van der Waals surface area contributed by atoms with E-state index in [1.54, 1.807) is 18.2 Å². The Bertz CT molecular complexity index is 736. The molecule has 0 saturated carbocycles. The van der Waals surface area contributed by atoms with Gasteiger partial charge in [0.25, 0.3) is 0 Å². The molecule has 1 amide bonds. The van der Waals surface area contributed by atoms with Gasteiger partial charge in [-0.1, -0.05) is 29.8 Å². The summed E-state index contributed by atoms with van der Waals surface area (Å²) in [7, 11) is 1.32. The molecule has 0 unspecified atom stereocenters. The summed E-state index contributed by atoms with van der Waals surface area (Å²) < 4.78 is 4.62. The monoisotopic (exact) mass is 335 g/mol. The van der Waals surface area contributed by atoms with Gasteiger partial charge in [0.1, 0.15) is 4.88 Å². The number of carbonyl (C=O) groups is 2. The molecular formula is C16H14ClNO3S. The number of carbonyl (C=O) groups excluding carboxylic acids is 2. The van der Waals surface area contributed by atoms with Crippen LogP contribution < -0.4 is 5.32 Å². The van der Waals surface area contributed by atoms with E-state index in [9.17, 15) is 9.59 Å². The van der Waals surface area contributed by atoms with Crippen LogP contribution in [0.1, 0.15) is 22.2 Å². The molecule has 0 saturated heterocycles. The van der Waals surface area contributed by atoms with E-state index in [4.69, 9.17) is 11.6 Å². The van der Waals surface area contributed by atoms with Crippen LogP contribution >= 0.6 is 22.9 Å². The van der Waals surface area contributed by atoms with Gasteiger partial charge in [-0.2, -0.15) is 0 Å². The molecule has 2 rings (SSSR count). The van der Waals surface area contributed by atoms with Gasteiger partial charge >= 0.3 is 5.97 Å². The predicted octanol–water partition coefficient (Wildman–Crippen LogP) is 4.23. The van der Waals surface area contributed by atoms with Gasteiger partial charge < -0.3 is 10.1 Å². The lowest BCUT2D eigenvalue weighted by molar-refractivity contribution is -0.111. The Morgan fingerprint density at radius 1 is 1.23 bits per heavy atom. The highest BCUT2D eigenvalue weighted by Gasteiger charge is 2.10. The van der Waals surface area contributed by atoms with E-state index in [1.807, 2.05) is 25.1 Å². The number of ether oxygens (including phenoxy) is 1. The minimum Gasteiger partial charge on any atom is -0.465 e. The number of benzene rings is 1. The van der Waals surface area contributed by atoms with Crippen LogP contribution in [0.4, 0.5) is 5.00 Å². The van der Waals surface area contributed by atoms with Gasteiger partial charge in [0.15, 0.2) is 0 Å². The normalized spacial score (nSPS) is 11.1. The Morgan fingerprint density at radius 3 is 2.64 bits per heavy atom. The van der Waals surface area contributed by atoms with Crippen molar-refractivity contribution in [3.8, 4) is 0 Å². The Hall–Kier alpha value is -2.11. The van der Waals surface area contributed by atoms with Crippen molar-refractivity contribution in [2.75, 3.05) is 12.4 Å². The fourth-order valence-corrected chi connectivity index (χ4v) is 2.94. The zero-order valence-electron chi connectivity index (χ0n) is 12.1. The van der Waals surface area contributed by atoms with E-state index in [1.165, 1.54) is 13.2 Å². The third-order valence-corrected chi connectivity index (χ3v) is 4.20. The van der Waals surface area contributed by atoms with Crippen molar-refractivity contribution in [3.63, 3.8) is 0 Å². The van der Waals surface area contributed by atoms with Crippen LogP contribution in [0, 0.1) is 0 Å². The molecule has 4 nitrogen and oxygen atoms in total. The van der Waals surface area contributed by atoms with Gasteiger partial charge in [0.05, 0.1) is 12.1 Å². The number of allylic oxidation sites excluding steroid dienone is 1. The van der Waals surface area contributed by atoms with Crippen molar-refractivity contribution >= 4 is 45.4 Å². The largest absolute Gasteiger partial charge is 0.465 e. The Labute approximate surface area is 137 Å². The van der Waals surface area contributed by atoms with Gasteiger partial charge in [-0.05, 0) is 36.3 Å². The van der Waals surface area contributed by atoms with E-state index in [0.29, 0.717) is 14.9 Å². The lowest BCUT2D eigenvalue weighted by Crippen LogP contribution is -2.07. The molecule has 1 aromatic carbocycles. The van der Waals surface area contributed by atoms with E-state index < -0.39 is 5.97 Å². The van der Waals surface area contributed by atoms with Crippen LogP contribution in [-0.2, 0) is 9.53 Å². The molecule has 0 spiro atoms. The number of halogens is 1. The molecule has 0 bridgehead atoms. The van der Waals surface area contributed by atoms with Gasteiger partial charge in [0.2, 0.25) is 5.91 Å². The Balaban J connectivity index is 2.09. The molecule has 0 aliphatic heterocycles. The Kier molecular flexibility index (Phi) is 5.35. The maximum Gasteiger partial charge on any atom is 0.348 e. The molecule has 114 valence electrons. The van der Waals surface area contributed by atoms with Crippen LogP contribution in [0.5, 0.6) is 0 Å². The summed E-state index contributed by atoms with van der Waals surface area (Å²) in [6, 6.07) is 10.6. The molecular weight excluding hydrogens is 322 g/mol. The molecule has 0 fully saturated rings. The first-order chi connectivity index (χ1) is 10.5. The summed E-state index contributed by atoms with van der Waals surface area (Å²) in [5, 5.41) is 3.88. The fraction of sp³-hybridized carbons (Fsp3) is 0.125. The molecule has 2 aromatic rings. The summed E-state index contributed by atoms with van der Waals surface area (Å²) in [4.78, 5) is 23.8. The van der Waals surface area contributed by atoms with Crippen LogP contribution in [0.3, 0.4) is 0 Å². The van der Waals surface area contributed by atoms with Gasteiger partial charge in [0, 0.05) is 11.1 Å². The van der Waals surface area contributed by atoms with Crippen LogP contribution in [0.2, 0.25) is 5.02 Å². The van der Waals surface area contributed by atoms with E-state index in [2.05, 4.69) is 10.1 Å². The standard InChI is InChI=1S/C16H14ClNO3S/c1-10(11-5-3-4-6-12(11)17)9-14(19)18-15-8-7-13(22-15)16(20)21-2/h3-9H,1-2H3,(H,18,19)/b10-9-. The summed E-state index contributed by atoms with van der Waals surface area (Å²) in [5.41, 5.74) is 1.56. The number of thiophene rings is 1. The fourth-order valence-electron chi connectivity index (χ4n) is 1.83. The summed E-state index contributed by atoms with van der Waals surface area (Å²) in [6.45, 7) is 1.81. The first-order valence-corrected chi connectivity index (χ1v) is 7.63. The molecule has 0 radical (unpaired) electrons. The highest BCUT2D eigenvalue weighted by atomic mass is 35.5. The van der Waals surface area contributed by atoms with Crippen LogP contribution in [-0.4, -0.2) is 19.0 Å². The quantitative estimate of drug-likeness (QED) is 0.672. The van der Waals surface area contributed by atoms with Crippen LogP contribution in [0.25, 0.3) is 5.57 Å². The maximum absolute atomic E-state index is 12.0. The lowest BCUT2D eigenvalue weighted by atomic mass is 10.1. The van der Waals surface area contributed by atoms with E-state index >= 15 is 0 Å². The maximum atomic E-state index is 12.0. The SMILES string of the molecule is COC(=O)c1ccc(NC(=O)/C=C(/C)c2ccccc2Cl)s1. The number of nitrogens with one attached hydrogen (secondary N) is 1. The summed E-state index contributed by atoms with van der Waals surface area (Å²) in [6.07, 6.45) is 1.47. The molecule has 0 atom stereocenters. The van der Waals surface area contributed by atoms with Crippen molar-refractivity contribution in [2.24, 2.45) is 0 Å². The number of amides is 1. The molecule has 6 heteroatoms. The average molecular weight is 336 g/mol. The van der Waals surface area contributed by atoms with Crippen molar-refractivity contribution in [1.82, 2.24) is 0 Å². The predicted molar refractivity (Wildman–Crippen MR) is 89.4 cm³/mol. The first kappa shape index (κ1) is 16.3. The number of rotatable bonds is 4. The second kappa shape index (κ2) is 7.24. The van der Waals surface area contributed by atoms with Crippen molar-refractivity contribution in [2.45, 2.75) is 6.92 Å². The minimum atomic E-state index is -0.423. The number of anilines is 1. The second-order valence-electron chi connectivity index (χ2n) is 4.45. The lowest BCUT2D eigenvalue weighted by Gasteiger charge is -2.04. The molecule has 1 heterocycles. The molecule has 0 aliphatic carbocycles. The van der Waals surface area contributed by atoms with Crippen molar-refractivity contribution < 1.29 is 14.3 Å². The Morgan fingerprint density at radius 2 is 1.95 bits per heavy atom. The highest BCUT2D eigenvalue weighted by molar-refractivity contribution is 7.18. The highest BCUT2D eigenvalue weighted by Crippen LogP contribution is 2.25. The second-order valence-corrected chi connectivity index (χ2v) is 5.94. The first-order valence-electron chi connectivity index (χ1n) is 6.43. The molecule has 22 heavy (non-hydrogen) atoms. The third kappa shape index (κ3) is 3.96. The minimum absolute atomic E-state index is 0.282. The molecule has 1 aromatic heterocycles. The average Bonchev–Trinajstić information content (AvgIpc) is 2.95. The topological polar surface area (TPSA) is 55.4 Å². The van der Waals surface area contributed by atoms with Gasteiger partial charge in [-0.15, -0.1) is 11.3 Å². The number of hydrogen-bond acceptors (Lipinski definition) is 4. The number of methoxy groups -OCH3 is 1. The van der Waals surface area contributed by atoms with Crippen LogP contribution in [0.15, 0.2) is 42.5 Å². The number of esters is 1. The zero-order chi connectivity index (χ0) is 16.1. The molecule has 0 aliphatic rings. The van der Waals surface area contributed by atoms with Crippen molar-refractivity contribution in [3.05, 3.63) is 57.9 Å². The summed E-state index contributed by atoms with van der Waals surface area (Å²) >= 11 is 7.25. The number of hydrogen-bond donors (Lipinski definition) is 1. The smallest absolute Gasteiger partial charge is 0.348 e. The van der Waals surface area contributed by atoms with Crippen molar-refractivity contribution in [1.29, 1.82) is 0 Å². The van der Waals surface area contributed by atoms with Gasteiger partial charge in [-0.3, -0.25) is 4.79 Å².